The van der Waals surface area contributed by atoms with Gasteiger partial charge in [0.2, 0.25) is 0 Å². The zero-order valence-corrected chi connectivity index (χ0v) is 22.0. The molecule has 6 rings (SSSR count). The number of hydrogen-bond donors (Lipinski definition) is 2. The number of carbonyl (C=O) groups is 3. The van der Waals surface area contributed by atoms with Gasteiger partial charge in [0.1, 0.15) is 29.0 Å². The summed E-state index contributed by atoms with van der Waals surface area (Å²) in [5, 5.41) is 0.768. The molecule has 1 aromatic carbocycles. The summed E-state index contributed by atoms with van der Waals surface area (Å²) >= 11 is 0. The maximum Gasteiger partial charge on any atom is 0.315 e. The van der Waals surface area contributed by atoms with Crippen LogP contribution in [-0.2, 0) is 18.0 Å². The van der Waals surface area contributed by atoms with Gasteiger partial charge < -0.3 is 20.9 Å². The topological polar surface area (TPSA) is 163 Å². The van der Waals surface area contributed by atoms with E-state index in [1.807, 2.05) is 10.6 Å². The molecule has 12 heteroatoms. The number of imidazole rings is 1. The number of amides is 4. The molecular weight excluding hydrogens is 512 g/mol. The van der Waals surface area contributed by atoms with Gasteiger partial charge in [-0.1, -0.05) is 31.4 Å². The summed E-state index contributed by atoms with van der Waals surface area (Å²) in [6.07, 6.45) is 7.51. The maximum absolute atomic E-state index is 12.8. The molecule has 0 bridgehead atoms. The number of aryl methyl sites for hydroxylation is 1. The number of carbonyl (C=O) groups excluding carboxylic acids is 3. The fourth-order valence-electron chi connectivity index (χ4n) is 5.79. The van der Waals surface area contributed by atoms with E-state index in [1.54, 1.807) is 41.4 Å². The van der Waals surface area contributed by atoms with Crippen LogP contribution >= 0.6 is 0 Å². The van der Waals surface area contributed by atoms with Crippen molar-refractivity contribution >= 4 is 45.7 Å². The van der Waals surface area contributed by atoms with Gasteiger partial charge in [0, 0.05) is 25.3 Å². The lowest BCUT2D eigenvalue weighted by molar-refractivity contribution is -0.103. The largest absolute Gasteiger partial charge is 0.382 e. The number of nitrogens with zero attached hydrogens (tertiary/aromatic N) is 6. The Kier molecular flexibility index (Phi) is 6.76. The minimum absolute atomic E-state index is 0.143. The smallest absolute Gasteiger partial charge is 0.315 e. The lowest BCUT2D eigenvalue weighted by Gasteiger charge is -2.33. The van der Waals surface area contributed by atoms with E-state index in [1.165, 1.54) is 6.42 Å². The second-order valence-corrected chi connectivity index (χ2v) is 10.1. The fraction of sp³-hybridized carbons (Fsp3) is 0.357. The fourth-order valence-corrected chi connectivity index (χ4v) is 5.79. The Balaban J connectivity index is 1.31. The van der Waals surface area contributed by atoms with Gasteiger partial charge in [-0.05, 0) is 43.5 Å². The van der Waals surface area contributed by atoms with E-state index in [0.29, 0.717) is 58.5 Å². The quantitative estimate of drug-likeness (QED) is 0.320. The van der Waals surface area contributed by atoms with Crippen LogP contribution < -0.4 is 11.5 Å². The molecular formula is C28H30N8O4. The number of primary amides is 1. The Bertz CT molecular complexity index is 1590. The van der Waals surface area contributed by atoms with E-state index in [0.717, 1.165) is 30.7 Å². The van der Waals surface area contributed by atoms with Gasteiger partial charge in [0.05, 0.1) is 16.6 Å². The first-order chi connectivity index (χ1) is 19.4. The van der Waals surface area contributed by atoms with Crippen LogP contribution in [0, 0.1) is 0 Å². The highest BCUT2D eigenvalue weighted by molar-refractivity contribution is 6.20. The molecule has 4 N–H and O–H groups in total. The Morgan fingerprint density at radius 1 is 1.00 bits per heavy atom. The molecule has 0 spiro atoms. The van der Waals surface area contributed by atoms with Crippen LogP contribution in [-0.4, -0.2) is 59.9 Å². The summed E-state index contributed by atoms with van der Waals surface area (Å²) in [5.41, 5.74) is 15.0. The highest BCUT2D eigenvalue weighted by Crippen LogP contribution is 2.30. The molecule has 4 aromatic rings. The number of rotatable bonds is 8. The van der Waals surface area contributed by atoms with Crippen LogP contribution in [0.4, 0.5) is 10.6 Å². The number of hydrogen-bond acceptors (Lipinski definition) is 8. The molecule has 4 heterocycles. The Morgan fingerprint density at radius 2 is 1.73 bits per heavy atom. The van der Waals surface area contributed by atoms with Gasteiger partial charge in [0.25, 0.3) is 11.8 Å². The molecule has 1 saturated carbocycles. The molecule has 0 saturated heterocycles. The second kappa shape index (κ2) is 10.5. The van der Waals surface area contributed by atoms with Gasteiger partial charge in [-0.25, -0.2) is 14.8 Å². The van der Waals surface area contributed by atoms with Crippen molar-refractivity contribution in [2.45, 2.75) is 57.7 Å². The number of aromatic nitrogens is 4. The van der Waals surface area contributed by atoms with Crippen LogP contribution in [0.2, 0.25) is 0 Å². The highest BCUT2D eigenvalue weighted by atomic mass is 16.7. The summed E-state index contributed by atoms with van der Waals surface area (Å²) in [6, 6.07) is 9.91. The van der Waals surface area contributed by atoms with Crippen molar-refractivity contribution in [3.8, 4) is 0 Å². The summed E-state index contributed by atoms with van der Waals surface area (Å²) in [4.78, 5) is 59.2. The monoisotopic (exact) mass is 542 g/mol. The molecule has 2 aliphatic rings. The zero-order chi connectivity index (χ0) is 27.8. The van der Waals surface area contributed by atoms with Gasteiger partial charge in [-0.2, -0.15) is 0 Å². The van der Waals surface area contributed by atoms with E-state index < -0.39 is 17.8 Å². The standard InChI is InChI=1S/C28H30N8O4/c29-25-23-24(22-20(32-25)12-6-13-31-22)35(15-7-14-34(28(30)39)17-8-2-1-3-9-17)21(33-23)16-40-36-26(37)18-10-4-5-11-19(18)27(36)38/h4-6,10-13,17H,1-3,7-9,14-16H2,(H2,29,32)(H2,30,39). The number of pyridine rings is 2. The first-order valence-electron chi connectivity index (χ1n) is 13.5. The minimum atomic E-state index is -0.527. The van der Waals surface area contributed by atoms with Crippen molar-refractivity contribution in [1.82, 2.24) is 29.5 Å². The van der Waals surface area contributed by atoms with E-state index in [9.17, 15) is 14.4 Å². The van der Waals surface area contributed by atoms with Gasteiger partial charge >= 0.3 is 6.03 Å². The molecule has 4 amide bonds. The maximum atomic E-state index is 12.8. The van der Waals surface area contributed by atoms with E-state index in [4.69, 9.17) is 21.3 Å². The van der Waals surface area contributed by atoms with Crippen LogP contribution in [0.1, 0.15) is 65.1 Å². The Morgan fingerprint density at radius 3 is 2.42 bits per heavy atom. The number of benzene rings is 1. The third kappa shape index (κ3) is 4.49. The van der Waals surface area contributed by atoms with Crippen molar-refractivity contribution in [2.24, 2.45) is 5.73 Å². The molecule has 0 radical (unpaired) electrons. The van der Waals surface area contributed by atoms with Crippen LogP contribution in [0.15, 0.2) is 42.6 Å². The third-order valence-corrected chi connectivity index (χ3v) is 7.70. The average Bonchev–Trinajstić information content (AvgIpc) is 3.45. The summed E-state index contributed by atoms with van der Waals surface area (Å²) in [7, 11) is 0. The lowest BCUT2D eigenvalue weighted by atomic mass is 9.94. The first kappa shape index (κ1) is 25.7. The van der Waals surface area contributed by atoms with Crippen molar-refractivity contribution in [1.29, 1.82) is 0 Å². The molecule has 12 nitrogen and oxygen atoms in total. The molecule has 0 unspecified atom stereocenters. The van der Waals surface area contributed by atoms with Crippen LogP contribution in [0.3, 0.4) is 0 Å². The van der Waals surface area contributed by atoms with Crippen LogP contribution in [0.5, 0.6) is 0 Å². The SMILES string of the molecule is NC(=O)N(CCCn1c(CON2C(=O)c3ccccc3C2=O)nc2c(N)nc3cccnc3c21)C1CCCCC1. The normalized spacial score (nSPS) is 15.8. The number of fused-ring (bicyclic) bond motifs is 4. The average molecular weight is 543 g/mol. The third-order valence-electron chi connectivity index (χ3n) is 7.70. The highest BCUT2D eigenvalue weighted by Gasteiger charge is 2.37. The number of anilines is 1. The van der Waals surface area contributed by atoms with Crippen molar-refractivity contribution < 1.29 is 19.2 Å². The van der Waals surface area contributed by atoms with Gasteiger partial charge in [-0.3, -0.25) is 19.4 Å². The number of imide groups is 1. The van der Waals surface area contributed by atoms with Crippen LogP contribution in [0.25, 0.3) is 22.1 Å². The molecule has 1 fully saturated rings. The van der Waals surface area contributed by atoms with Gasteiger partial charge in [0.15, 0.2) is 5.82 Å². The van der Waals surface area contributed by atoms with Gasteiger partial charge in [-0.15, -0.1) is 5.06 Å². The molecule has 0 atom stereocenters. The lowest BCUT2D eigenvalue weighted by Crippen LogP contribution is -2.45. The number of nitrogen functional groups attached to an aromatic ring is 1. The minimum Gasteiger partial charge on any atom is -0.382 e. The number of urea groups is 1. The zero-order valence-electron chi connectivity index (χ0n) is 22.0. The Hall–Kier alpha value is -4.58. The summed E-state index contributed by atoms with van der Waals surface area (Å²) in [6.45, 7) is 0.753. The summed E-state index contributed by atoms with van der Waals surface area (Å²) < 4.78 is 1.92. The second-order valence-electron chi connectivity index (χ2n) is 10.1. The van der Waals surface area contributed by atoms with Crippen molar-refractivity contribution in [2.75, 3.05) is 12.3 Å². The molecule has 206 valence electrons. The number of nitrogens with two attached hydrogens (primary N) is 2. The van der Waals surface area contributed by atoms with Crippen molar-refractivity contribution in [3.05, 3.63) is 59.5 Å². The predicted molar refractivity (Wildman–Crippen MR) is 147 cm³/mol. The van der Waals surface area contributed by atoms with E-state index in [2.05, 4.69) is 9.97 Å². The molecule has 40 heavy (non-hydrogen) atoms. The molecule has 3 aromatic heterocycles. The Labute approximate surface area is 229 Å². The van der Waals surface area contributed by atoms with E-state index >= 15 is 0 Å². The first-order valence-corrected chi connectivity index (χ1v) is 13.5. The molecule has 1 aliphatic heterocycles. The van der Waals surface area contributed by atoms with E-state index in [-0.39, 0.29) is 18.5 Å². The predicted octanol–water partition coefficient (Wildman–Crippen LogP) is 3.39. The molecule has 1 aliphatic carbocycles. The number of hydroxylamine groups is 2. The summed E-state index contributed by atoms with van der Waals surface area (Å²) in [5.74, 6) is -0.374. The van der Waals surface area contributed by atoms with Crippen molar-refractivity contribution in [3.63, 3.8) is 0 Å².